The van der Waals surface area contributed by atoms with E-state index < -0.39 is 96.8 Å². The third-order valence-electron chi connectivity index (χ3n) is 11.3. The Morgan fingerprint density at radius 1 is 1.18 bits per heavy atom. The summed E-state index contributed by atoms with van der Waals surface area (Å²) in [5.41, 5.74) is -1.87. The number of fused-ring (bicyclic) bond motifs is 4. The number of rotatable bonds is 7. The van der Waals surface area contributed by atoms with E-state index in [9.17, 15) is 14.4 Å². The molecule has 0 saturated carbocycles. The van der Waals surface area contributed by atoms with Gasteiger partial charge in [-0.25, -0.2) is 13.6 Å². The van der Waals surface area contributed by atoms with Gasteiger partial charge in [-0.05, 0) is 50.4 Å². The van der Waals surface area contributed by atoms with Crippen molar-refractivity contribution in [1.82, 2.24) is 19.8 Å². The minimum Gasteiger partial charge on any atom is -0.461 e. The molecule has 2 aromatic carbocycles. The highest BCUT2D eigenvalue weighted by molar-refractivity contribution is 7.23. The summed E-state index contributed by atoms with van der Waals surface area (Å²) in [6.45, 7) is 2.49. The number of hydrogen-bond donors (Lipinski definition) is 1. The number of halogens is 8. The average Bonchev–Trinajstić information content (AvgIpc) is 3.87. The van der Waals surface area contributed by atoms with Gasteiger partial charge in [0.25, 0.3) is 0 Å². The molecule has 0 unspecified atom stereocenters. The van der Waals surface area contributed by atoms with Crippen molar-refractivity contribution in [2.45, 2.75) is 75.2 Å². The highest BCUT2D eigenvalue weighted by Crippen LogP contribution is 2.52. The first kappa shape index (κ1) is 37.2. The minimum atomic E-state index is -5.52. The molecule has 55 heavy (non-hydrogen) atoms. The molecule has 2 aromatic heterocycles. The number of nitriles is 1. The van der Waals surface area contributed by atoms with Gasteiger partial charge >= 0.3 is 24.5 Å². The number of aromatic nitrogens is 2. The summed E-state index contributed by atoms with van der Waals surface area (Å²) in [6, 6.07) is 2.30. The fourth-order valence-corrected chi connectivity index (χ4v) is 9.96. The number of ether oxygens (including phenoxy) is 2. The van der Waals surface area contributed by atoms with Crippen LogP contribution in [-0.4, -0.2) is 89.0 Å². The van der Waals surface area contributed by atoms with Gasteiger partial charge in [0.05, 0.1) is 45.1 Å². The maximum atomic E-state index is 15.7. The number of nitrogens with zero attached hydrogens (tertiary/aromatic N) is 6. The molecule has 19 heteroatoms. The van der Waals surface area contributed by atoms with E-state index in [0.29, 0.717) is 43.2 Å². The number of anilines is 2. The standard InChI is InChI=1S/C36H33F8N7O3S/c1-2-50(19-10-18-6-9-53-33(52)51(18)15-19)31-21-11-23(35(39,40)41)26(20-4-5-24(38)29-25(20)22(13-45)30(46)55-29)27(36(42,43)44)28(21)47-32(48-31)54-16-34-7-3-8-49(34)14-17(37)12-34/h4-5,11,17-19H,2-3,6-10,12,14-16,46H2,1H3/t17-,18-,19+,34+/m1/s1. The summed E-state index contributed by atoms with van der Waals surface area (Å²) in [6.07, 6.45) is -10.5. The summed E-state index contributed by atoms with van der Waals surface area (Å²) < 4.78 is 133. The van der Waals surface area contributed by atoms with Crippen LogP contribution in [0.5, 0.6) is 6.01 Å². The number of thiophene rings is 1. The predicted octanol–water partition coefficient (Wildman–Crippen LogP) is 7.91. The average molecular weight is 796 g/mol. The van der Waals surface area contributed by atoms with Crippen molar-refractivity contribution in [1.29, 1.82) is 5.26 Å². The first-order valence-electron chi connectivity index (χ1n) is 17.7. The van der Waals surface area contributed by atoms with Gasteiger partial charge in [0.2, 0.25) is 0 Å². The van der Waals surface area contributed by atoms with Crippen LogP contribution in [0.3, 0.4) is 0 Å². The third kappa shape index (κ3) is 6.12. The molecule has 8 rings (SSSR count). The van der Waals surface area contributed by atoms with Crippen LogP contribution < -0.4 is 15.4 Å². The minimum absolute atomic E-state index is 0.0514. The monoisotopic (exact) mass is 795 g/mol. The zero-order valence-electron chi connectivity index (χ0n) is 29.2. The molecule has 4 saturated heterocycles. The molecule has 0 spiro atoms. The molecule has 4 fully saturated rings. The van der Waals surface area contributed by atoms with Gasteiger partial charge < -0.3 is 25.0 Å². The fraction of sp³-hybridized carbons (Fsp3) is 0.500. The molecule has 0 aliphatic carbocycles. The van der Waals surface area contributed by atoms with Gasteiger partial charge in [0.15, 0.2) is 0 Å². The Balaban J connectivity index is 1.40. The largest absolute Gasteiger partial charge is 0.461 e. The molecule has 0 radical (unpaired) electrons. The first-order valence-corrected chi connectivity index (χ1v) is 18.5. The van der Waals surface area contributed by atoms with Crippen LogP contribution in [0.1, 0.15) is 55.7 Å². The van der Waals surface area contributed by atoms with E-state index in [0.717, 1.165) is 18.6 Å². The first-order chi connectivity index (χ1) is 26.0. The number of nitrogens with two attached hydrogens (primary N) is 1. The van der Waals surface area contributed by atoms with E-state index in [4.69, 9.17) is 15.2 Å². The van der Waals surface area contributed by atoms with Gasteiger partial charge in [-0.15, -0.1) is 11.3 Å². The zero-order valence-corrected chi connectivity index (χ0v) is 30.0. The van der Waals surface area contributed by atoms with Gasteiger partial charge in [-0.3, -0.25) is 4.90 Å². The van der Waals surface area contributed by atoms with Crippen molar-refractivity contribution < 1.29 is 49.4 Å². The fourth-order valence-electron chi connectivity index (χ4n) is 9.01. The van der Waals surface area contributed by atoms with E-state index in [1.165, 1.54) is 4.90 Å². The number of amides is 1. The van der Waals surface area contributed by atoms with Crippen molar-refractivity contribution in [2.24, 2.45) is 0 Å². The highest BCUT2D eigenvalue weighted by Gasteiger charge is 2.50. The lowest BCUT2D eigenvalue weighted by Gasteiger charge is -2.32. The highest BCUT2D eigenvalue weighted by atomic mass is 32.1. The summed E-state index contributed by atoms with van der Waals surface area (Å²) in [5, 5.41) is 8.51. The van der Waals surface area contributed by atoms with Gasteiger partial charge in [0, 0.05) is 54.9 Å². The van der Waals surface area contributed by atoms with E-state index >= 15 is 30.7 Å². The second-order valence-corrected chi connectivity index (χ2v) is 15.4. The lowest BCUT2D eigenvalue weighted by Crippen LogP contribution is -2.44. The lowest BCUT2D eigenvalue weighted by molar-refractivity contribution is -0.141. The van der Waals surface area contributed by atoms with Crippen LogP contribution in [-0.2, 0) is 17.1 Å². The Morgan fingerprint density at radius 3 is 2.65 bits per heavy atom. The normalized spacial score (nSPS) is 24.3. The van der Waals surface area contributed by atoms with E-state index in [-0.39, 0.29) is 56.1 Å². The number of nitrogen functional groups attached to an aromatic ring is 1. The maximum absolute atomic E-state index is 15.7. The molecule has 4 aliphatic heterocycles. The second-order valence-electron chi connectivity index (χ2n) is 14.4. The Kier molecular flexibility index (Phi) is 8.94. The number of hydrogen-bond acceptors (Lipinski definition) is 10. The Hall–Kier alpha value is -4.70. The van der Waals surface area contributed by atoms with E-state index in [1.807, 2.05) is 4.90 Å². The van der Waals surface area contributed by atoms with Crippen molar-refractivity contribution >= 4 is 49.2 Å². The van der Waals surface area contributed by atoms with Crippen molar-refractivity contribution in [3.63, 3.8) is 0 Å². The lowest BCUT2D eigenvalue weighted by atomic mass is 9.88. The van der Waals surface area contributed by atoms with E-state index in [2.05, 4.69) is 9.97 Å². The van der Waals surface area contributed by atoms with Crippen LogP contribution in [0.4, 0.5) is 50.7 Å². The number of alkyl halides is 7. The number of carbonyl (C=O) groups excluding carboxylic acids is 1. The summed E-state index contributed by atoms with van der Waals surface area (Å²) in [4.78, 5) is 26.2. The van der Waals surface area contributed by atoms with Crippen LogP contribution in [0.15, 0.2) is 18.2 Å². The Morgan fingerprint density at radius 2 is 1.96 bits per heavy atom. The van der Waals surface area contributed by atoms with Crippen molar-refractivity contribution in [2.75, 3.05) is 50.0 Å². The molecule has 6 heterocycles. The summed E-state index contributed by atoms with van der Waals surface area (Å²) >= 11 is 0.527. The topological polar surface area (TPSA) is 121 Å². The molecular formula is C36H33F8N7O3S. The van der Waals surface area contributed by atoms with Crippen LogP contribution in [0.25, 0.3) is 32.1 Å². The molecule has 10 nitrogen and oxygen atoms in total. The number of cyclic esters (lactones) is 1. The van der Waals surface area contributed by atoms with Gasteiger partial charge in [-0.2, -0.15) is 41.6 Å². The van der Waals surface area contributed by atoms with Gasteiger partial charge in [0.1, 0.15) is 35.5 Å². The molecule has 4 aliphatic rings. The van der Waals surface area contributed by atoms with Crippen LogP contribution >= 0.6 is 11.3 Å². The van der Waals surface area contributed by atoms with E-state index in [1.54, 1.807) is 17.9 Å². The van der Waals surface area contributed by atoms with Crippen molar-refractivity contribution in [3.05, 3.63) is 40.7 Å². The SMILES string of the molecule is CCN(c1nc(OC[C@@]23CCCN2C[C@H](F)C3)nc2c(C(F)(F)F)c(-c3ccc(F)c4sc(N)c(C#N)c34)c(C(F)(F)F)cc12)[C@H]1C[C@H]2CCOC(=O)N2C1. The number of carbonyl (C=O) groups is 1. The molecule has 292 valence electrons. The van der Waals surface area contributed by atoms with Crippen molar-refractivity contribution in [3.8, 4) is 23.2 Å². The maximum Gasteiger partial charge on any atom is 0.419 e. The van der Waals surface area contributed by atoms with Crippen LogP contribution in [0, 0.1) is 17.1 Å². The molecular weight excluding hydrogens is 762 g/mol. The molecule has 2 N–H and O–H groups in total. The smallest absolute Gasteiger partial charge is 0.419 e. The Labute approximate surface area is 312 Å². The Bertz CT molecular complexity index is 2260. The molecule has 0 bridgehead atoms. The van der Waals surface area contributed by atoms with Crippen LogP contribution in [0.2, 0.25) is 0 Å². The van der Waals surface area contributed by atoms with Gasteiger partial charge in [-0.1, -0.05) is 6.07 Å². The predicted molar refractivity (Wildman–Crippen MR) is 186 cm³/mol. The number of benzene rings is 2. The number of likely N-dealkylation sites (N-methyl/N-ethyl adjacent to an activating group) is 1. The molecule has 1 amide bonds. The quantitative estimate of drug-likeness (QED) is 0.186. The molecule has 4 aromatic rings. The third-order valence-corrected chi connectivity index (χ3v) is 12.4. The summed E-state index contributed by atoms with van der Waals surface area (Å²) in [7, 11) is 0. The second kappa shape index (κ2) is 13.2. The molecule has 4 atom stereocenters. The zero-order chi connectivity index (χ0) is 39.2. The summed E-state index contributed by atoms with van der Waals surface area (Å²) in [5.74, 6) is -1.28.